The van der Waals surface area contributed by atoms with Crippen molar-refractivity contribution >= 4 is 5.82 Å². The van der Waals surface area contributed by atoms with E-state index in [0.717, 1.165) is 5.69 Å². The maximum atomic E-state index is 13.5. The first-order chi connectivity index (χ1) is 9.31. The predicted octanol–water partition coefficient (Wildman–Crippen LogP) is 3.33. The molecule has 0 aliphatic carbocycles. The molecule has 2 rings (SSSR count). The van der Waals surface area contributed by atoms with Crippen LogP contribution in [0.4, 0.5) is 10.2 Å². The molecule has 0 aliphatic rings. The maximum Gasteiger partial charge on any atom is 0.165 e. The van der Waals surface area contributed by atoms with Crippen LogP contribution in [-0.4, -0.2) is 22.1 Å². The molecule has 2 N–H and O–H groups in total. The summed E-state index contributed by atoms with van der Waals surface area (Å²) in [5.74, 6) is 0.0434. The molecule has 1 aromatic heterocycles. The highest BCUT2D eigenvalue weighted by Crippen LogP contribution is 2.27. The SMILES string of the molecule is CNc1cc(C(C)(C)C)nc(-c2ccc(O)c(F)c2)n1. The first-order valence-corrected chi connectivity index (χ1v) is 6.37. The fraction of sp³-hybridized carbons (Fsp3) is 0.333. The van der Waals surface area contributed by atoms with Crippen molar-refractivity contribution in [3.8, 4) is 17.1 Å². The molecule has 1 aromatic carbocycles. The molecule has 4 nitrogen and oxygen atoms in total. The molecule has 2 aromatic rings. The Morgan fingerprint density at radius 3 is 2.40 bits per heavy atom. The molecule has 5 heteroatoms. The number of phenols is 1. The van der Waals surface area contributed by atoms with Gasteiger partial charge in [-0.05, 0) is 18.2 Å². The summed E-state index contributed by atoms with van der Waals surface area (Å²) in [6.45, 7) is 6.15. The Morgan fingerprint density at radius 2 is 1.85 bits per heavy atom. The lowest BCUT2D eigenvalue weighted by Gasteiger charge is -2.19. The molecule has 0 spiro atoms. The fourth-order valence-corrected chi connectivity index (χ4v) is 1.73. The van der Waals surface area contributed by atoms with Crippen LogP contribution in [0.1, 0.15) is 26.5 Å². The highest BCUT2D eigenvalue weighted by molar-refractivity contribution is 5.59. The lowest BCUT2D eigenvalue weighted by atomic mass is 9.92. The third-order valence-corrected chi connectivity index (χ3v) is 2.96. The summed E-state index contributed by atoms with van der Waals surface area (Å²) in [7, 11) is 1.77. The molecule has 0 fully saturated rings. The summed E-state index contributed by atoms with van der Waals surface area (Å²) in [4.78, 5) is 8.83. The molecular weight excluding hydrogens is 257 g/mol. The minimum Gasteiger partial charge on any atom is -0.505 e. The number of aromatic nitrogens is 2. The third kappa shape index (κ3) is 2.87. The molecule has 20 heavy (non-hydrogen) atoms. The normalized spacial score (nSPS) is 11.4. The van der Waals surface area contributed by atoms with Gasteiger partial charge in [0, 0.05) is 24.1 Å². The fourth-order valence-electron chi connectivity index (χ4n) is 1.73. The second-order valence-electron chi connectivity index (χ2n) is 5.63. The number of hydrogen-bond donors (Lipinski definition) is 2. The summed E-state index contributed by atoms with van der Waals surface area (Å²) in [6, 6.07) is 6.01. The second kappa shape index (κ2) is 5.07. The van der Waals surface area contributed by atoms with E-state index in [4.69, 9.17) is 0 Å². The van der Waals surface area contributed by atoms with Gasteiger partial charge in [-0.15, -0.1) is 0 Å². The van der Waals surface area contributed by atoms with Gasteiger partial charge in [0.15, 0.2) is 17.4 Å². The van der Waals surface area contributed by atoms with Crippen LogP contribution in [0.15, 0.2) is 24.3 Å². The minimum atomic E-state index is -0.682. The maximum absolute atomic E-state index is 13.5. The van der Waals surface area contributed by atoms with Gasteiger partial charge in [0.05, 0.1) is 5.69 Å². The number of nitrogens with one attached hydrogen (secondary N) is 1. The van der Waals surface area contributed by atoms with Crippen LogP contribution < -0.4 is 5.32 Å². The predicted molar refractivity (Wildman–Crippen MR) is 77.3 cm³/mol. The summed E-state index contributed by atoms with van der Waals surface area (Å²) in [6.07, 6.45) is 0. The molecule has 0 aliphatic heterocycles. The average molecular weight is 275 g/mol. The first-order valence-electron chi connectivity index (χ1n) is 6.37. The van der Waals surface area contributed by atoms with E-state index in [1.165, 1.54) is 12.1 Å². The Kier molecular flexibility index (Phi) is 3.61. The van der Waals surface area contributed by atoms with Crippen molar-refractivity contribution in [3.63, 3.8) is 0 Å². The van der Waals surface area contributed by atoms with Crippen LogP contribution >= 0.6 is 0 Å². The summed E-state index contributed by atoms with van der Waals surface area (Å²) >= 11 is 0. The van der Waals surface area contributed by atoms with Crippen molar-refractivity contribution in [2.24, 2.45) is 0 Å². The van der Waals surface area contributed by atoms with Gasteiger partial charge < -0.3 is 10.4 Å². The lowest BCUT2D eigenvalue weighted by molar-refractivity contribution is 0.432. The molecule has 0 bridgehead atoms. The number of benzene rings is 1. The van der Waals surface area contributed by atoms with Crippen LogP contribution in [0.5, 0.6) is 5.75 Å². The van der Waals surface area contributed by atoms with Crippen LogP contribution in [0.2, 0.25) is 0 Å². The minimum absolute atomic E-state index is 0.140. The highest BCUT2D eigenvalue weighted by atomic mass is 19.1. The van der Waals surface area contributed by atoms with Gasteiger partial charge in [0.1, 0.15) is 5.82 Å². The number of aromatic hydroxyl groups is 1. The second-order valence-corrected chi connectivity index (χ2v) is 5.63. The van der Waals surface area contributed by atoms with E-state index in [-0.39, 0.29) is 11.2 Å². The highest BCUT2D eigenvalue weighted by Gasteiger charge is 2.18. The number of phenolic OH excluding ortho intramolecular Hbond substituents is 1. The van der Waals surface area contributed by atoms with Crippen molar-refractivity contribution in [2.45, 2.75) is 26.2 Å². The number of rotatable bonds is 2. The van der Waals surface area contributed by atoms with Crippen molar-refractivity contribution < 1.29 is 9.50 Å². The average Bonchev–Trinajstić information content (AvgIpc) is 2.40. The van der Waals surface area contributed by atoms with E-state index >= 15 is 0 Å². The molecule has 0 radical (unpaired) electrons. The number of halogens is 1. The van der Waals surface area contributed by atoms with Crippen molar-refractivity contribution in [3.05, 3.63) is 35.8 Å². The Hall–Kier alpha value is -2.17. The molecular formula is C15H18FN3O. The van der Waals surface area contributed by atoms with E-state index in [0.29, 0.717) is 17.2 Å². The van der Waals surface area contributed by atoms with Gasteiger partial charge >= 0.3 is 0 Å². The van der Waals surface area contributed by atoms with E-state index in [1.54, 1.807) is 13.1 Å². The van der Waals surface area contributed by atoms with E-state index < -0.39 is 5.82 Å². The molecule has 0 atom stereocenters. The van der Waals surface area contributed by atoms with Crippen molar-refractivity contribution in [2.75, 3.05) is 12.4 Å². The van der Waals surface area contributed by atoms with Gasteiger partial charge in [0.2, 0.25) is 0 Å². The van der Waals surface area contributed by atoms with E-state index in [1.807, 2.05) is 6.07 Å². The van der Waals surface area contributed by atoms with Gasteiger partial charge in [-0.25, -0.2) is 14.4 Å². The summed E-state index contributed by atoms with van der Waals surface area (Å²) in [5.41, 5.74) is 1.25. The molecule has 0 unspecified atom stereocenters. The van der Waals surface area contributed by atoms with Gasteiger partial charge in [0.25, 0.3) is 0 Å². The van der Waals surface area contributed by atoms with Gasteiger partial charge in [-0.2, -0.15) is 0 Å². The Balaban J connectivity index is 2.58. The Labute approximate surface area is 117 Å². The zero-order valence-corrected chi connectivity index (χ0v) is 12.0. The van der Waals surface area contributed by atoms with E-state index in [9.17, 15) is 9.50 Å². The lowest BCUT2D eigenvalue weighted by Crippen LogP contribution is -2.15. The first kappa shape index (κ1) is 14.2. The van der Waals surface area contributed by atoms with Crippen LogP contribution in [0, 0.1) is 5.82 Å². The third-order valence-electron chi connectivity index (χ3n) is 2.96. The van der Waals surface area contributed by atoms with E-state index in [2.05, 4.69) is 36.1 Å². The quantitative estimate of drug-likeness (QED) is 0.882. The smallest absolute Gasteiger partial charge is 0.165 e. The Bertz CT molecular complexity index is 636. The van der Waals surface area contributed by atoms with Gasteiger partial charge in [-0.1, -0.05) is 20.8 Å². The topological polar surface area (TPSA) is 58.0 Å². The summed E-state index contributed by atoms with van der Waals surface area (Å²) in [5, 5.41) is 12.2. The van der Waals surface area contributed by atoms with Gasteiger partial charge in [-0.3, -0.25) is 0 Å². The molecule has 1 heterocycles. The number of nitrogens with zero attached hydrogens (tertiary/aromatic N) is 2. The van der Waals surface area contributed by atoms with Crippen LogP contribution in [0.25, 0.3) is 11.4 Å². The largest absolute Gasteiger partial charge is 0.505 e. The Morgan fingerprint density at radius 1 is 1.15 bits per heavy atom. The monoisotopic (exact) mass is 275 g/mol. The molecule has 0 saturated carbocycles. The van der Waals surface area contributed by atoms with Crippen molar-refractivity contribution in [1.29, 1.82) is 0 Å². The zero-order chi connectivity index (χ0) is 14.9. The number of anilines is 1. The molecule has 106 valence electrons. The summed E-state index contributed by atoms with van der Waals surface area (Å²) < 4.78 is 13.5. The molecule has 0 amide bonds. The molecule has 0 saturated heterocycles. The van der Waals surface area contributed by atoms with Crippen molar-refractivity contribution in [1.82, 2.24) is 9.97 Å². The zero-order valence-electron chi connectivity index (χ0n) is 12.0. The van der Waals surface area contributed by atoms with Crippen LogP contribution in [0.3, 0.4) is 0 Å². The number of hydrogen-bond acceptors (Lipinski definition) is 4. The standard InChI is InChI=1S/C15H18FN3O/c1-15(2,3)12-8-13(17-4)19-14(18-12)9-5-6-11(20)10(16)7-9/h5-8,20H,1-4H3,(H,17,18,19). The van der Waals surface area contributed by atoms with Crippen LogP contribution in [-0.2, 0) is 5.41 Å².